The third-order valence-electron chi connectivity index (χ3n) is 2.47. The minimum absolute atomic E-state index is 0.463. The number of thiazole rings is 1. The van der Waals surface area contributed by atoms with Crippen LogP contribution in [-0.2, 0) is 6.54 Å². The molecule has 96 valence electrons. The van der Waals surface area contributed by atoms with E-state index in [1.807, 2.05) is 30.5 Å². The second-order valence-electron chi connectivity index (χ2n) is 3.65. The van der Waals surface area contributed by atoms with Crippen molar-refractivity contribution in [3.05, 3.63) is 29.3 Å². The van der Waals surface area contributed by atoms with Crippen LogP contribution < -0.4 is 15.2 Å². The van der Waals surface area contributed by atoms with E-state index in [0.717, 1.165) is 27.8 Å². The summed E-state index contributed by atoms with van der Waals surface area (Å²) in [6.45, 7) is 3.01. The Bertz CT molecular complexity index is 525. The molecule has 0 radical (unpaired) electrons. The summed E-state index contributed by atoms with van der Waals surface area (Å²) in [6, 6.07) is 5.81. The normalized spacial score (nSPS) is 10.4. The summed E-state index contributed by atoms with van der Waals surface area (Å²) in [6.07, 6.45) is 0. The first kappa shape index (κ1) is 12.9. The number of methoxy groups -OCH3 is 1. The van der Waals surface area contributed by atoms with Gasteiger partial charge in [0, 0.05) is 17.5 Å². The van der Waals surface area contributed by atoms with E-state index in [4.69, 9.17) is 15.2 Å². The third-order valence-corrected chi connectivity index (χ3v) is 3.41. The first-order valence-electron chi connectivity index (χ1n) is 5.74. The summed E-state index contributed by atoms with van der Waals surface area (Å²) in [7, 11) is 1.63. The van der Waals surface area contributed by atoms with Gasteiger partial charge in [-0.05, 0) is 25.1 Å². The maximum absolute atomic E-state index is 5.56. The summed E-state index contributed by atoms with van der Waals surface area (Å²) in [5.41, 5.74) is 7.49. The topological polar surface area (TPSA) is 57.4 Å². The van der Waals surface area contributed by atoms with Crippen LogP contribution >= 0.6 is 11.3 Å². The van der Waals surface area contributed by atoms with Crippen molar-refractivity contribution in [3.63, 3.8) is 0 Å². The van der Waals surface area contributed by atoms with Crippen LogP contribution in [-0.4, -0.2) is 18.7 Å². The van der Waals surface area contributed by atoms with Gasteiger partial charge in [0.25, 0.3) is 0 Å². The fraction of sp³-hybridized carbons (Fsp3) is 0.308. The Morgan fingerprint density at radius 1 is 1.33 bits per heavy atom. The molecule has 1 aromatic heterocycles. The van der Waals surface area contributed by atoms with Crippen molar-refractivity contribution in [2.75, 3.05) is 13.7 Å². The van der Waals surface area contributed by atoms with Crippen molar-refractivity contribution in [2.45, 2.75) is 13.5 Å². The van der Waals surface area contributed by atoms with E-state index in [1.165, 1.54) is 0 Å². The van der Waals surface area contributed by atoms with Crippen molar-refractivity contribution in [2.24, 2.45) is 5.73 Å². The van der Waals surface area contributed by atoms with Gasteiger partial charge >= 0.3 is 0 Å². The molecule has 0 unspecified atom stereocenters. The zero-order valence-electron chi connectivity index (χ0n) is 10.5. The molecule has 0 atom stereocenters. The number of nitrogens with two attached hydrogens (primary N) is 1. The number of ether oxygens (including phenoxy) is 2. The van der Waals surface area contributed by atoms with Gasteiger partial charge in [-0.3, -0.25) is 0 Å². The highest BCUT2D eigenvalue weighted by Crippen LogP contribution is 2.33. The Kier molecular flexibility index (Phi) is 4.17. The van der Waals surface area contributed by atoms with Crippen molar-refractivity contribution in [1.82, 2.24) is 4.98 Å². The zero-order valence-corrected chi connectivity index (χ0v) is 11.3. The quantitative estimate of drug-likeness (QED) is 0.902. The van der Waals surface area contributed by atoms with E-state index >= 15 is 0 Å². The fourth-order valence-corrected chi connectivity index (χ4v) is 2.44. The van der Waals surface area contributed by atoms with Gasteiger partial charge in [0.2, 0.25) is 0 Å². The number of aromatic nitrogens is 1. The summed E-state index contributed by atoms with van der Waals surface area (Å²) >= 11 is 1.58. The molecule has 18 heavy (non-hydrogen) atoms. The van der Waals surface area contributed by atoms with Gasteiger partial charge in [-0.2, -0.15) is 0 Å². The molecule has 1 aromatic carbocycles. The van der Waals surface area contributed by atoms with Crippen molar-refractivity contribution in [3.8, 4) is 22.1 Å². The monoisotopic (exact) mass is 264 g/mol. The summed E-state index contributed by atoms with van der Waals surface area (Å²) in [4.78, 5) is 4.45. The minimum Gasteiger partial charge on any atom is -0.493 e. The smallest absolute Gasteiger partial charge is 0.161 e. The Hall–Kier alpha value is -1.59. The van der Waals surface area contributed by atoms with E-state index in [9.17, 15) is 0 Å². The number of nitrogens with zero attached hydrogens (tertiary/aromatic N) is 1. The summed E-state index contributed by atoms with van der Waals surface area (Å²) in [5.74, 6) is 1.47. The highest BCUT2D eigenvalue weighted by Gasteiger charge is 2.09. The lowest BCUT2D eigenvalue weighted by molar-refractivity contribution is 0.311. The molecular weight excluding hydrogens is 248 g/mol. The molecule has 2 rings (SSSR count). The van der Waals surface area contributed by atoms with Crippen LogP contribution in [0.3, 0.4) is 0 Å². The van der Waals surface area contributed by atoms with Gasteiger partial charge in [-0.1, -0.05) is 0 Å². The van der Waals surface area contributed by atoms with Crippen LogP contribution in [0, 0.1) is 0 Å². The molecule has 5 heteroatoms. The number of hydrogen-bond donors (Lipinski definition) is 1. The molecule has 0 saturated heterocycles. The van der Waals surface area contributed by atoms with Crippen molar-refractivity contribution >= 4 is 11.3 Å². The van der Waals surface area contributed by atoms with E-state index in [2.05, 4.69) is 4.98 Å². The molecule has 0 spiro atoms. The first-order chi connectivity index (χ1) is 8.78. The Balaban J connectivity index is 2.36. The standard InChI is InChI=1S/C13H16N2O2S/c1-3-17-12-6-9(4-5-11(12)16-2)13-15-10(7-14)8-18-13/h4-6,8H,3,7,14H2,1-2H3. The highest BCUT2D eigenvalue weighted by atomic mass is 32.1. The minimum atomic E-state index is 0.463. The molecule has 2 N–H and O–H groups in total. The van der Waals surface area contributed by atoms with Crippen LogP contribution in [0.4, 0.5) is 0 Å². The molecule has 0 aliphatic carbocycles. The molecule has 0 saturated carbocycles. The molecule has 0 aliphatic rings. The average molecular weight is 264 g/mol. The lowest BCUT2D eigenvalue weighted by Crippen LogP contribution is -1.96. The van der Waals surface area contributed by atoms with Crippen LogP contribution in [0.5, 0.6) is 11.5 Å². The van der Waals surface area contributed by atoms with E-state index in [0.29, 0.717) is 13.2 Å². The molecule has 4 nitrogen and oxygen atoms in total. The number of rotatable bonds is 5. The molecular formula is C13H16N2O2S. The molecule has 0 amide bonds. The fourth-order valence-electron chi connectivity index (χ4n) is 1.61. The summed E-state index contributed by atoms with van der Waals surface area (Å²) < 4.78 is 10.8. The Labute approximate surface area is 110 Å². The van der Waals surface area contributed by atoms with E-state index in [-0.39, 0.29) is 0 Å². The molecule has 2 aromatic rings. The average Bonchev–Trinajstić information content (AvgIpc) is 2.88. The Morgan fingerprint density at radius 2 is 2.17 bits per heavy atom. The van der Waals surface area contributed by atoms with Crippen LogP contribution in [0.15, 0.2) is 23.6 Å². The lowest BCUT2D eigenvalue weighted by atomic mass is 10.2. The van der Waals surface area contributed by atoms with Gasteiger partial charge < -0.3 is 15.2 Å². The molecule has 1 heterocycles. The van der Waals surface area contributed by atoms with Crippen molar-refractivity contribution < 1.29 is 9.47 Å². The summed E-state index contributed by atoms with van der Waals surface area (Å²) in [5, 5.41) is 2.92. The van der Waals surface area contributed by atoms with Gasteiger partial charge in [-0.25, -0.2) is 4.98 Å². The predicted molar refractivity (Wildman–Crippen MR) is 73.2 cm³/mol. The van der Waals surface area contributed by atoms with Crippen LogP contribution in [0.25, 0.3) is 10.6 Å². The highest BCUT2D eigenvalue weighted by molar-refractivity contribution is 7.13. The first-order valence-corrected chi connectivity index (χ1v) is 6.62. The van der Waals surface area contributed by atoms with Crippen LogP contribution in [0.1, 0.15) is 12.6 Å². The van der Waals surface area contributed by atoms with Gasteiger partial charge in [0.05, 0.1) is 19.4 Å². The van der Waals surface area contributed by atoms with Crippen LogP contribution in [0.2, 0.25) is 0 Å². The lowest BCUT2D eigenvalue weighted by Gasteiger charge is -2.10. The number of hydrogen-bond acceptors (Lipinski definition) is 5. The SMILES string of the molecule is CCOc1cc(-c2nc(CN)cs2)ccc1OC. The second-order valence-corrected chi connectivity index (χ2v) is 4.50. The predicted octanol–water partition coefficient (Wildman–Crippen LogP) is 2.68. The molecule has 0 fully saturated rings. The van der Waals surface area contributed by atoms with Gasteiger partial charge in [0.15, 0.2) is 11.5 Å². The molecule has 0 aliphatic heterocycles. The zero-order chi connectivity index (χ0) is 13.0. The van der Waals surface area contributed by atoms with E-state index in [1.54, 1.807) is 18.4 Å². The largest absolute Gasteiger partial charge is 0.493 e. The Morgan fingerprint density at radius 3 is 2.78 bits per heavy atom. The van der Waals surface area contributed by atoms with Gasteiger partial charge in [0.1, 0.15) is 5.01 Å². The maximum Gasteiger partial charge on any atom is 0.161 e. The maximum atomic E-state index is 5.56. The molecule has 0 bridgehead atoms. The van der Waals surface area contributed by atoms with Gasteiger partial charge in [-0.15, -0.1) is 11.3 Å². The van der Waals surface area contributed by atoms with Crippen molar-refractivity contribution in [1.29, 1.82) is 0 Å². The number of benzene rings is 1. The third kappa shape index (κ3) is 2.63. The van der Waals surface area contributed by atoms with E-state index < -0.39 is 0 Å². The second kappa shape index (κ2) is 5.84.